The molecule has 1 heterocycles. The lowest BCUT2D eigenvalue weighted by Gasteiger charge is -2.55. The van der Waals surface area contributed by atoms with Crippen LogP contribution in [0.2, 0.25) is 0 Å². The number of rotatable bonds is 5. The number of carbonyl (C=O) groups is 3. The van der Waals surface area contributed by atoms with Gasteiger partial charge in [-0.1, -0.05) is 12.1 Å². The Balaban J connectivity index is 1.21. The molecule has 1 aromatic rings. The Morgan fingerprint density at radius 3 is 2.35 bits per heavy atom. The molecule has 0 saturated heterocycles. The number of amides is 3. The minimum absolute atomic E-state index is 0.115. The Labute approximate surface area is 182 Å². The normalized spacial score (nSPS) is 32.7. The first-order valence-corrected chi connectivity index (χ1v) is 11.5. The molecule has 7 nitrogen and oxygen atoms in total. The monoisotopic (exact) mass is 425 g/mol. The van der Waals surface area contributed by atoms with Gasteiger partial charge in [0.25, 0.3) is 5.91 Å². The molecular weight excluding hydrogens is 394 g/mol. The van der Waals surface area contributed by atoms with Crippen LogP contribution in [0.4, 0.5) is 5.69 Å². The molecule has 0 aromatic heterocycles. The SMILES string of the molecule is CNC(=O)[C@@H]1CN(C(=O)CCNC(=O)C23CC4CC(CC(C4)C2)C3)c2ccccc2O1. The molecule has 166 valence electrons. The molecule has 0 radical (unpaired) electrons. The molecule has 4 bridgehead atoms. The average molecular weight is 426 g/mol. The van der Waals surface area contributed by atoms with Crippen LogP contribution >= 0.6 is 0 Å². The lowest BCUT2D eigenvalue weighted by molar-refractivity contribution is -0.146. The molecule has 4 fully saturated rings. The number of carbonyl (C=O) groups excluding carboxylic acids is 3. The van der Waals surface area contributed by atoms with Gasteiger partial charge in [0.1, 0.15) is 5.75 Å². The first-order valence-electron chi connectivity index (χ1n) is 11.5. The summed E-state index contributed by atoms with van der Waals surface area (Å²) in [7, 11) is 1.55. The molecule has 4 saturated carbocycles. The van der Waals surface area contributed by atoms with Crippen molar-refractivity contribution < 1.29 is 19.1 Å². The van der Waals surface area contributed by atoms with E-state index in [0.29, 0.717) is 35.7 Å². The second-order valence-electron chi connectivity index (χ2n) is 9.90. The lowest BCUT2D eigenvalue weighted by atomic mass is 9.49. The van der Waals surface area contributed by atoms with E-state index >= 15 is 0 Å². The second-order valence-corrected chi connectivity index (χ2v) is 9.90. The van der Waals surface area contributed by atoms with Crippen LogP contribution in [0.1, 0.15) is 44.9 Å². The quantitative estimate of drug-likeness (QED) is 0.758. The van der Waals surface area contributed by atoms with Crippen LogP contribution in [0.25, 0.3) is 0 Å². The van der Waals surface area contributed by atoms with Gasteiger partial charge in [-0.05, 0) is 68.4 Å². The summed E-state index contributed by atoms with van der Waals surface area (Å²) in [6.45, 7) is 0.488. The number of anilines is 1. The summed E-state index contributed by atoms with van der Waals surface area (Å²) in [5.41, 5.74) is 0.466. The predicted octanol–water partition coefficient (Wildman–Crippen LogP) is 2.25. The van der Waals surface area contributed by atoms with E-state index in [1.165, 1.54) is 19.3 Å². The average Bonchev–Trinajstić information content (AvgIpc) is 2.76. The molecule has 5 aliphatic rings. The van der Waals surface area contributed by atoms with Crippen LogP contribution in [-0.2, 0) is 14.4 Å². The van der Waals surface area contributed by atoms with Crippen LogP contribution in [0, 0.1) is 23.2 Å². The van der Waals surface area contributed by atoms with Gasteiger partial charge in [-0.25, -0.2) is 0 Å². The van der Waals surface area contributed by atoms with Crippen molar-refractivity contribution in [3.05, 3.63) is 24.3 Å². The molecule has 1 aliphatic heterocycles. The molecule has 4 aliphatic carbocycles. The van der Waals surface area contributed by atoms with Crippen LogP contribution in [-0.4, -0.2) is 44.0 Å². The van der Waals surface area contributed by atoms with Gasteiger partial charge in [-0.3, -0.25) is 14.4 Å². The van der Waals surface area contributed by atoms with Crippen LogP contribution < -0.4 is 20.3 Å². The number of likely N-dealkylation sites (N-methyl/N-ethyl adjacent to an activating group) is 1. The van der Waals surface area contributed by atoms with E-state index in [-0.39, 0.29) is 36.1 Å². The van der Waals surface area contributed by atoms with E-state index in [0.717, 1.165) is 19.3 Å². The van der Waals surface area contributed by atoms with E-state index in [9.17, 15) is 14.4 Å². The molecular formula is C24H31N3O4. The third-order valence-electron chi connectivity index (χ3n) is 7.76. The Kier molecular flexibility index (Phi) is 5.15. The Morgan fingerprint density at radius 2 is 1.71 bits per heavy atom. The maximum atomic E-state index is 13.1. The molecule has 0 spiro atoms. The van der Waals surface area contributed by atoms with E-state index in [2.05, 4.69) is 10.6 Å². The summed E-state index contributed by atoms with van der Waals surface area (Å²) < 4.78 is 5.77. The number of nitrogens with one attached hydrogen (secondary N) is 2. The van der Waals surface area contributed by atoms with Gasteiger partial charge in [0, 0.05) is 25.4 Å². The van der Waals surface area contributed by atoms with E-state index in [4.69, 9.17) is 4.74 Å². The van der Waals surface area contributed by atoms with Gasteiger partial charge in [0.05, 0.1) is 12.2 Å². The highest BCUT2D eigenvalue weighted by molar-refractivity contribution is 5.97. The van der Waals surface area contributed by atoms with Gasteiger partial charge < -0.3 is 20.3 Å². The molecule has 7 heteroatoms. The summed E-state index contributed by atoms with van der Waals surface area (Å²) >= 11 is 0. The summed E-state index contributed by atoms with van der Waals surface area (Å²) in [4.78, 5) is 39.9. The minimum atomic E-state index is -0.745. The smallest absolute Gasteiger partial charge is 0.262 e. The zero-order valence-electron chi connectivity index (χ0n) is 18.1. The van der Waals surface area contributed by atoms with Gasteiger partial charge >= 0.3 is 0 Å². The van der Waals surface area contributed by atoms with E-state index in [1.54, 1.807) is 18.0 Å². The topological polar surface area (TPSA) is 87.7 Å². The summed E-state index contributed by atoms with van der Waals surface area (Å²) in [6, 6.07) is 7.25. The van der Waals surface area contributed by atoms with Crippen molar-refractivity contribution in [2.24, 2.45) is 23.2 Å². The predicted molar refractivity (Wildman–Crippen MR) is 116 cm³/mol. The summed E-state index contributed by atoms with van der Waals surface area (Å²) in [6.07, 6.45) is 6.41. The molecule has 31 heavy (non-hydrogen) atoms. The first-order chi connectivity index (χ1) is 15.0. The van der Waals surface area contributed by atoms with Crippen LogP contribution in [0.3, 0.4) is 0 Å². The number of ether oxygens (including phenoxy) is 1. The van der Waals surface area contributed by atoms with Crippen molar-refractivity contribution in [3.63, 3.8) is 0 Å². The fourth-order valence-electron chi connectivity index (χ4n) is 6.76. The Morgan fingerprint density at radius 1 is 1.06 bits per heavy atom. The molecule has 1 aromatic carbocycles. The van der Waals surface area contributed by atoms with E-state index in [1.807, 2.05) is 18.2 Å². The van der Waals surface area contributed by atoms with E-state index < -0.39 is 6.10 Å². The first kappa shape index (κ1) is 20.3. The van der Waals surface area contributed by atoms with Gasteiger partial charge in [0.15, 0.2) is 6.10 Å². The fraction of sp³-hybridized carbons (Fsp3) is 0.625. The number of hydrogen-bond donors (Lipinski definition) is 2. The highest BCUT2D eigenvalue weighted by atomic mass is 16.5. The van der Waals surface area contributed by atoms with Crippen molar-refractivity contribution >= 4 is 23.4 Å². The number of hydrogen-bond acceptors (Lipinski definition) is 4. The van der Waals surface area contributed by atoms with Crippen molar-refractivity contribution in [2.45, 2.75) is 51.0 Å². The maximum Gasteiger partial charge on any atom is 0.262 e. The number of nitrogens with zero attached hydrogens (tertiary/aromatic N) is 1. The van der Waals surface area contributed by atoms with Crippen molar-refractivity contribution in [2.75, 3.05) is 25.0 Å². The zero-order chi connectivity index (χ0) is 21.6. The Hall–Kier alpha value is -2.57. The third kappa shape index (κ3) is 3.68. The number of para-hydroxylation sites is 2. The summed E-state index contributed by atoms with van der Waals surface area (Å²) in [5, 5.41) is 5.67. The van der Waals surface area contributed by atoms with Gasteiger partial charge in [-0.2, -0.15) is 0 Å². The summed E-state index contributed by atoms with van der Waals surface area (Å²) in [5.74, 6) is 2.43. The maximum absolute atomic E-state index is 13.1. The highest BCUT2D eigenvalue weighted by Crippen LogP contribution is 2.60. The molecule has 1 atom stereocenters. The van der Waals surface area contributed by atoms with Crippen molar-refractivity contribution in [1.82, 2.24) is 10.6 Å². The second kappa shape index (κ2) is 7.84. The lowest BCUT2D eigenvalue weighted by Crippen LogP contribution is -2.54. The zero-order valence-corrected chi connectivity index (χ0v) is 18.1. The van der Waals surface area contributed by atoms with Crippen LogP contribution in [0.15, 0.2) is 24.3 Å². The number of benzene rings is 1. The highest BCUT2D eigenvalue weighted by Gasteiger charge is 2.54. The van der Waals surface area contributed by atoms with Gasteiger partial charge in [-0.15, -0.1) is 0 Å². The molecule has 0 unspecified atom stereocenters. The minimum Gasteiger partial charge on any atom is -0.477 e. The Bertz CT molecular complexity index is 863. The van der Waals surface area contributed by atoms with Crippen molar-refractivity contribution in [3.8, 4) is 5.75 Å². The number of fused-ring (bicyclic) bond motifs is 1. The van der Waals surface area contributed by atoms with Gasteiger partial charge in [0.2, 0.25) is 11.8 Å². The largest absolute Gasteiger partial charge is 0.477 e. The molecule has 6 rings (SSSR count). The van der Waals surface area contributed by atoms with Crippen LogP contribution in [0.5, 0.6) is 5.75 Å². The molecule has 3 amide bonds. The third-order valence-corrected chi connectivity index (χ3v) is 7.76. The van der Waals surface area contributed by atoms with Crippen molar-refractivity contribution in [1.29, 1.82) is 0 Å². The molecule has 2 N–H and O–H groups in total. The fourth-order valence-corrected chi connectivity index (χ4v) is 6.76. The standard InChI is InChI=1S/C24H31N3O4/c1-25-22(29)20-14-27(18-4-2-3-5-19(18)31-20)21(28)6-7-26-23(30)24-11-15-8-16(12-24)10-17(9-15)13-24/h2-5,15-17,20H,6-14H2,1H3,(H,25,29)(H,26,30)/t15?,16?,17?,20-,24?/m0/s1.